The number of hydrogen-bond donors (Lipinski definition) is 1. The van der Waals surface area contributed by atoms with Crippen LogP contribution in [-0.4, -0.2) is 154 Å². The lowest BCUT2D eigenvalue weighted by atomic mass is 9.86. The first-order chi connectivity index (χ1) is 63.2. The molecule has 0 aromatic heterocycles. The Balaban J connectivity index is 0.000000776. The zero-order chi connectivity index (χ0) is 107. The smallest absolute Gasteiger partial charge is 0.256 e. The van der Waals surface area contributed by atoms with Crippen molar-refractivity contribution >= 4 is 64.4 Å². The van der Waals surface area contributed by atoms with Crippen molar-refractivity contribution in [1.29, 1.82) is 0 Å². The summed E-state index contributed by atoms with van der Waals surface area (Å²) in [5.74, 6) is 0.229. The fraction of sp³-hybridized carbons (Fsp3) is 0.479. The number of amides is 6. The highest BCUT2D eigenvalue weighted by molar-refractivity contribution is 6.34. The fourth-order valence-corrected chi connectivity index (χ4v) is 13.2. The normalized spacial score (nSPS) is 11.4. The molecular formula is C121H174ClFN6O9. The third-order valence-electron chi connectivity index (χ3n) is 22.6. The molecule has 0 fully saturated rings. The van der Waals surface area contributed by atoms with Gasteiger partial charge in [-0.15, -0.1) is 0 Å². The standard InChI is InChI=1S/C15H22O.C14H21NO.C14H20O.C13H18ClNO.C13H18FNO.3C13H19NO.C13H18O/c1-5-6-14(16)11-12-7-9-13(10-8-12)15(2,3)4;1-6-15(5)13(16)11-7-9-12(10-8-11)14(2,3)4;1-5-13(15)10-11-6-8-12(9-7-11)14(2,3)4;2*1-13(2,3)9-6-7-10(11(14)8-9)12(16)15(4)5;1-13(2,3)11-8-6-10(7-9-11)12(15)14(4)5;1-13(2,3)11-8-6-7-10(9-11)12(15)14(4)5;1-5-14-12(15)10-6-8-11(9-7-10)13(2,3)4;1-5-12(14)10-7-6-8-11(9-10)13(2,3)4/h7-10H,5-6,11H2,1-4H3;7-10H,6H2,1-5H3;6-9H,5,10H2,1-4H3;2*6-8H,1-5H3;2*6-9H,1-5H3;6-9H,5H2,1-4H3,(H,14,15);6-9H,5H2,1-4H3. The molecule has 0 heterocycles. The average molecular weight is 1910 g/mol. The number of nitrogens with zero attached hydrogens (tertiary/aromatic N) is 5. The van der Waals surface area contributed by atoms with E-state index in [0.29, 0.717) is 60.8 Å². The van der Waals surface area contributed by atoms with Gasteiger partial charge in [0.25, 0.3) is 35.4 Å². The third kappa shape index (κ3) is 44.9. The number of rotatable bonds is 17. The van der Waals surface area contributed by atoms with Crippen molar-refractivity contribution in [3.63, 3.8) is 0 Å². The molecule has 0 aliphatic carbocycles. The molecule has 15 nitrogen and oxygen atoms in total. The van der Waals surface area contributed by atoms with Crippen molar-refractivity contribution in [2.24, 2.45) is 0 Å². The Morgan fingerprint density at radius 1 is 0.290 bits per heavy atom. The van der Waals surface area contributed by atoms with Crippen LogP contribution in [0.4, 0.5) is 4.39 Å². The summed E-state index contributed by atoms with van der Waals surface area (Å²) in [6, 6.07) is 66.5. The summed E-state index contributed by atoms with van der Waals surface area (Å²) in [4.78, 5) is 112. The molecular weight excluding hydrogens is 1740 g/mol. The Labute approximate surface area is 839 Å². The van der Waals surface area contributed by atoms with Crippen molar-refractivity contribution in [2.75, 3.05) is 76.5 Å². The molecule has 0 spiro atoms. The molecule has 0 bridgehead atoms. The first-order valence-electron chi connectivity index (χ1n) is 48.5. The number of Topliss-reactive ketones (excluding diaryl/α,β-unsaturated/α-hetero) is 3. The zero-order valence-electron chi connectivity index (χ0n) is 92.5. The molecule has 6 amide bonds. The Hall–Kier alpha value is -11.0. The minimum absolute atomic E-state index is 0.00189. The SMILES string of the molecule is CCC(=O)Cc1ccc(C(C)(C)C)cc1.CCC(=O)c1cccc(C(C)(C)C)c1.CCCC(=O)Cc1ccc(C(C)(C)C)cc1.CCN(C)C(=O)c1ccc(C(C)(C)C)cc1.CCNC(=O)c1ccc(C(C)(C)C)cc1.CN(C)C(=O)c1ccc(C(C)(C)C)cc1.CN(C)C(=O)c1ccc(C(C)(C)C)cc1Cl.CN(C)C(=O)c1ccc(C(C)(C)C)cc1F.CN(C)C(=O)c1cccc(C(C)(C)C)c1. The quantitative estimate of drug-likeness (QED) is 0.0867. The number of halogens is 2. The van der Waals surface area contributed by atoms with Crippen molar-refractivity contribution in [1.82, 2.24) is 29.8 Å². The summed E-state index contributed by atoms with van der Waals surface area (Å²) in [6.45, 7) is 69.1. The van der Waals surface area contributed by atoms with E-state index < -0.39 is 5.82 Å². The number of ketones is 3. The topological polar surface area (TPSA) is 182 Å². The van der Waals surface area contributed by atoms with Gasteiger partial charge in [0.05, 0.1) is 16.1 Å². The van der Waals surface area contributed by atoms with Crippen LogP contribution >= 0.6 is 11.6 Å². The van der Waals surface area contributed by atoms with Gasteiger partial charge in [-0.05, 0) is 209 Å². The van der Waals surface area contributed by atoms with Gasteiger partial charge in [-0.3, -0.25) is 43.2 Å². The Morgan fingerprint density at radius 3 is 0.877 bits per heavy atom. The third-order valence-corrected chi connectivity index (χ3v) is 22.9. The molecule has 9 aromatic rings. The van der Waals surface area contributed by atoms with Gasteiger partial charge in [-0.25, -0.2) is 4.39 Å². The van der Waals surface area contributed by atoms with Crippen LogP contribution in [0.1, 0.15) is 381 Å². The van der Waals surface area contributed by atoms with Crippen LogP contribution in [0, 0.1) is 5.82 Å². The molecule has 17 heteroatoms. The van der Waals surface area contributed by atoms with Crippen molar-refractivity contribution in [2.45, 2.75) is 309 Å². The molecule has 0 saturated carbocycles. The molecule has 0 aliphatic rings. The number of hydrogen-bond acceptors (Lipinski definition) is 9. The molecule has 138 heavy (non-hydrogen) atoms. The maximum atomic E-state index is 13.7. The highest BCUT2D eigenvalue weighted by Gasteiger charge is 2.25. The molecule has 0 aliphatic heterocycles. The summed E-state index contributed by atoms with van der Waals surface area (Å²) in [5, 5.41) is 3.30. The second-order valence-electron chi connectivity index (χ2n) is 45.2. The van der Waals surface area contributed by atoms with E-state index in [0.717, 1.165) is 63.0 Å². The van der Waals surface area contributed by atoms with Crippen LogP contribution in [0.5, 0.6) is 0 Å². The average Bonchev–Trinajstić information content (AvgIpc) is 0.816. The molecule has 0 unspecified atom stereocenters. The van der Waals surface area contributed by atoms with Gasteiger partial charge in [0.2, 0.25) is 0 Å². The van der Waals surface area contributed by atoms with Crippen LogP contribution in [0.15, 0.2) is 206 Å². The maximum Gasteiger partial charge on any atom is 0.256 e. The summed E-state index contributed by atoms with van der Waals surface area (Å²) < 4.78 is 13.7. The molecule has 756 valence electrons. The van der Waals surface area contributed by atoms with Crippen molar-refractivity contribution < 1.29 is 47.5 Å². The highest BCUT2D eigenvalue weighted by Crippen LogP contribution is 2.32. The molecule has 1 N–H and O–H groups in total. The molecule has 9 aromatic carbocycles. The number of carbonyl (C=O) groups is 9. The molecule has 9 rings (SSSR count). The second-order valence-corrected chi connectivity index (χ2v) is 45.6. The Bertz CT molecular complexity index is 5250. The summed E-state index contributed by atoms with van der Waals surface area (Å²) >= 11 is 6.13. The summed E-state index contributed by atoms with van der Waals surface area (Å²) in [6.07, 6.45) is 3.99. The van der Waals surface area contributed by atoms with Gasteiger partial charge in [0.15, 0.2) is 5.78 Å². The van der Waals surface area contributed by atoms with Gasteiger partial charge in [0, 0.05) is 136 Å². The first-order valence-corrected chi connectivity index (χ1v) is 48.9. The lowest BCUT2D eigenvalue weighted by Gasteiger charge is -2.20. The van der Waals surface area contributed by atoms with E-state index in [4.69, 9.17) is 11.6 Å². The maximum absolute atomic E-state index is 13.7. The zero-order valence-corrected chi connectivity index (χ0v) is 93.2. The first kappa shape index (κ1) is 125. The summed E-state index contributed by atoms with van der Waals surface area (Å²) in [7, 11) is 15.5. The van der Waals surface area contributed by atoms with E-state index in [9.17, 15) is 47.5 Å². The van der Waals surface area contributed by atoms with Gasteiger partial charge in [0.1, 0.15) is 17.4 Å². The fourth-order valence-electron chi connectivity index (χ4n) is 13.0. The monoisotopic (exact) mass is 1910 g/mol. The lowest BCUT2D eigenvalue weighted by Crippen LogP contribution is -2.26. The number of carbonyl (C=O) groups excluding carboxylic acids is 9. The number of nitrogens with one attached hydrogen (secondary N) is 1. The minimum atomic E-state index is -0.453. The van der Waals surface area contributed by atoms with E-state index in [1.54, 1.807) is 89.3 Å². The second kappa shape index (κ2) is 55.7. The van der Waals surface area contributed by atoms with E-state index in [-0.39, 0.29) is 95.5 Å². The van der Waals surface area contributed by atoms with Gasteiger partial charge < -0.3 is 29.8 Å². The largest absolute Gasteiger partial charge is 0.352 e. The van der Waals surface area contributed by atoms with Crippen LogP contribution < -0.4 is 5.32 Å². The molecule has 0 saturated heterocycles. The number of benzene rings is 9. The van der Waals surface area contributed by atoms with Gasteiger partial charge in [-0.2, -0.15) is 0 Å². The van der Waals surface area contributed by atoms with Crippen LogP contribution in [0.3, 0.4) is 0 Å². The van der Waals surface area contributed by atoms with Crippen LogP contribution in [-0.2, 0) is 71.2 Å². The Kier molecular flexibility index (Phi) is 50.5. The van der Waals surface area contributed by atoms with Gasteiger partial charge in [-0.1, -0.05) is 347 Å². The van der Waals surface area contributed by atoms with Crippen LogP contribution in [0.25, 0.3) is 0 Å². The minimum Gasteiger partial charge on any atom is -0.352 e. The Morgan fingerprint density at radius 2 is 0.572 bits per heavy atom. The predicted molar refractivity (Wildman–Crippen MR) is 581 cm³/mol. The molecule has 0 atom stereocenters. The van der Waals surface area contributed by atoms with E-state index in [1.807, 2.05) is 184 Å². The van der Waals surface area contributed by atoms with Crippen LogP contribution in [0.2, 0.25) is 5.02 Å². The molecule has 0 radical (unpaired) electrons. The predicted octanol–water partition coefficient (Wildman–Crippen LogP) is 28.3. The van der Waals surface area contributed by atoms with E-state index in [2.05, 4.69) is 232 Å². The van der Waals surface area contributed by atoms with Gasteiger partial charge >= 0.3 is 0 Å². The van der Waals surface area contributed by atoms with E-state index >= 15 is 0 Å². The van der Waals surface area contributed by atoms with Crippen molar-refractivity contribution in [3.05, 3.63) is 317 Å². The lowest BCUT2D eigenvalue weighted by molar-refractivity contribution is -0.119. The summed E-state index contributed by atoms with van der Waals surface area (Å²) in [5.41, 5.74) is 18.5. The highest BCUT2D eigenvalue weighted by atomic mass is 35.5. The van der Waals surface area contributed by atoms with Crippen molar-refractivity contribution in [3.8, 4) is 0 Å². The van der Waals surface area contributed by atoms with E-state index in [1.165, 1.54) is 54.8 Å².